The summed E-state index contributed by atoms with van der Waals surface area (Å²) in [5, 5.41) is 16.6. The summed E-state index contributed by atoms with van der Waals surface area (Å²) in [6.45, 7) is 5.36. The number of amides is 1. The SMILES string of the molecule is CC(C)(C#N)c1ccc(NCC#Cc2cc3cc(CNC4CCN(C(=O)CN5CCS(=O)(=O)CC5)CC4)ccc3n2CC(F)(F)F)cn1. The molecular weight excluding hydrogens is 643 g/mol. The van der Waals surface area contributed by atoms with Crippen molar-refractivity contribution in [3.8, 4) is 17.9 Å². The third-order valence-corrected chi connectivity index (χ3v) is 10.4. The molecule has 2 N–H and O–H groups in total. The highest BCUT2D eigenvalue weighted by molar-refractivity contribution is 7.91. The van der Waals surface area contributed by atoms with E-state index in [9.17, 15) is 31.6 Å². The first-order valence-corrected chi connectivity index (χ1v) is 17.8. The molecule has 0 saturated carbocycles. The van der Waals surface area contributed by atoms with Crippen LogP contribution < -0.4 is 10.6 Å². The molecule has 48 heavy (non-hydrogen) atoms. The van der Waals surface area contributed by atoms with E-state index in [-0.39, 0.29) is 42.2 Å². The smallest absolute Gasteiger partial charge is 0.373 e. The molecule has 0 aliphatic carbocycles. The number of hydrogen-bond acceptors (Lipinski definition) is 8. The molecule has 2 fully saturated rings. The number of anilines is 1. The van der Waals surface area contributed by atoms with Crippen molar-refractivity contribution in [3.05, 3.63) is 59.5 Å². The third kappa shape index (κ3) is 9.28. The molecule has 0 spiro atoms. The number of carbonyl (C=O) groups excluding carboxylic acids is 1. The number of fused-ring (bicyclic) bond motifs is 1. The molecule has 14 heteroatoms. The fourth-order valence-corrected chi connectivity index (χ4v) is 7.16. The summed E-state index contributed by atoms with van der Waals surface area (Å²) in [6, 6.07) is 13.0. The molecular formula is C34H40F3N7O3S. The first-order chi connectivity index (χ1) is 22.7. The molecule has 2 aliphatic rings. The van der Waals surface area contributed by atoms with Crippen molar-refractivity contribution in [2.45, 2.75) is 57.4 Å². The normalized spacial score (nSPS) is 17.5. The van der Waals surface area contributed by atoms with Gasteiger partial charge in [-0.25, -0.2) is 8.42 Å². The molecule has 1 amide bonds. The van der Waals surface area contributed by atoms with Gasteiger partial charge in [-0.2, -0.15) is 18.4 Å². The zero-order valence-corrected chi connectivity index (χ0v) is 27.9. The number of alkyl halides is 3. The lowest BCUT2D eigenvalue weighted by Crippen LogP contribution is -2.50. The van der Waals surface area contributed by atoms with Crippen LogP contribution in [0.15, 0.2) is 42.6 Å². The van der Waals surface area contributed by atoms with E-state index in [2.05, 4.69) is 33.5 Å². The van der Waals surface area contributed by atoms with Crippen LogP contribution in [0.25, 0.3) is 10.9 Å². The monoisotopic (exact) mass is 683 g/mol. The van der Waals surface area contributed by atoms with Crippen molar-refractivity contribution >= 4 is 32.3 Å². The number of benzene rings is 1. The van der Waals surface area contributed by atoms with Crippen LogP contribution in [0, 0.1) is 23.2 Å². The molecule has 5 rings (SSSR count). The van der Waals surface area contributed by atoms with Gasteiger partial charge < -0.3 is 20.1 Å². The predicted octanol–water partition coefficient (Wildman–Crippen LogP) is 3.67. The van der Waals surface area contributed by atoms with Crippen molar-refractivity contribution in [1.82, 2.24) is 24.7 Å². The number of carbonyl (C=O) groups is 1. The van der Waals surface area contributed by atoms with Crippen molar-refractivity contribution in [3.63, 3.8) is 0 Å². The van der Waals surface area contributed by atoms with Gasteiger partial charge in [0.25, 0.3) is 0 Å². The van der Waals surface area contributed by atoms with E-state index in [1.54, 1.807) is 44.3 Å². The Hall–Kier alpha value is -4.11. The second kappa shape index (κ2) is 14.6. The minimum atomic E-state index is -4.42. The maximum atomic E-state index is 13.5. The maximum absolute atomic E-state index is 13.5. The predicted molar refractivity (Wildman–Crippen MR) is 178 cm³/mol. The van der Waals surface area contributed by atoms with Gasteiger partial charge in [-0.05, 0) is 68.5 Å². The van der Waals surface area contributed by atoms with Gasteiger partial charge in [0.05, 0.1) is 59.4 Å². The average molecular weight is 684 g/mol. The Kier molecular flexibility index (Phi) is 10.7. The number of nitrogens with one attached hydrogen (secondary N) is 2. The largest absolute Gasteiger partial charge is 0.406 e. The standard InChI is InChI=1S/C34H40F3N7O3S/c1-33(2,23-38)31-8-6-28(21-41-31)39-11-3-4-29-19-26-18-25(5-7-30(26)44(29)24-34(35,36)37)20-40-27-9-12-43(13-10-27)32(45)22-42-14-16-48(46,47)17-15-42/h5-8,18-19,21,27,39-40H,9-17,20,22,24H2,1-2H3. The molecule has 2 aromatic heterocycles. The Balaban J connectivity index is 1.16. The molecule has 3 aromatic rings. The molecule has 2 aliphatic heterocycles. The molecule has 0 bridgehead atoms. The topological polar surface area (TPSA) is 123 Å². The van der Waals surface area contributed by atoms with Gasteiger partial charge in [0.2, 0.25) is 5.91 Å². The van der Waals surface area contributed by atoms with Crippen molar-refractivity contribution < 1.29 is 26.4 Å². The first kappa shape index (κ1) is 35.2. The Morgan fingerprint density at radius 1 is 1.06 bits per heavy atom. The van der Waals surface area contributed by atoms with Gasteiger partial charge in [0.15, 0.2) is 9.84 Å². The number of aromatic nitrogens is 2. The van der Waals surface area contributed by atoms with Crippen LogP contribution in [0.3, 0.4) is 0 Å². The van der Waals surface area contributed by atoms with Gasteiger partial charge in [0, 0.05) is 49.7 Å². The highest BCUT2D eigenvalue weighted by Gasteiger charge is 2.30. The molecule has 256 valence electrons. The number of likely N-dealkylation sites (tertiary alicyclic amines) is 1. The highest BCUT2D eigenvalue weighted by atomic mass is 32.2. The molecule has 0 radical (unpaired) electrons. The summed E-state index contributed by atoms with van der Waals surface area (Å²) in [7, 11) is -2.99. The Labute approximate surface area is 279 Å². The Morgan fingerprint density at radius 2 is 1.79 bits per heavy atom. The second-order valence-corrected chi connectivity index (χ2v) is 15.2. The van der Waals surface area contributed by atoms with Gasteiger partial charge in [-0.3, -0.25) is 14.7 Å². The number of nitriles is 1. The average Bonchev–Trinajstić information content (AvgIpc) is 3.38. The van der Waals surface area contributed by atoms with Crippen LogP contribution >= 0.6 is 0 Å². The van der Waals surface area contributed by atoms with Gasteiger partial charge in [-0.1, -0.05) is 12.0 Å². The summed E-state index contributed by atoms with van der Waals surface area (Å²) < 4.78 is 65.1. The molecule has 4 heterocycles. The number of hydrogen-bond donors (Lipinski definition) is 2. The van der Waals surface area contributed by atoms with E-state index in [4.69, 9.17) is 0 Å². The van der Waals surface area contributed by atoms with Crippen molar-refractivity contribution in [2.24, 2.45) is 0 Å². The van der Waals surface area contributed by atoms with E-state index < -0.39 is 28.0 Å². The van der Waals surface area contributed by atoms with Gasteiger partial charge in [-0.15, -0.1) is 0 Å². The van der Waals surface area contributed by atoms with Crippen LogP contribution in [0.5, 0.6) is 0 Å². The van der Waals surface area contributed by atoms with Crippen LogP contribution in [0.1, 0.15) is 43.6 Å². The lowest BCUT2D eigenvalue weighted by Gasteiger charge is -2.34. The zero-order valence-electron chi connectivity index (χ0n) is 27.1. The number of pyridine rings is 1. The second-order valence-electron chi connectivity index (χ2n) is 12.9. The number of halogens is 3. The summed E-state index contributed by atoms with van der Waals surface area (Å²) in [6.07, 6.45) is -1.27. The van der Waals surface area contributed by atoms with E-state index >= 15 is 0 Å². The van der Waals surface area contributed by atoms with Crippen LogP contribution in [-0.2, 0) is 33.1 Å². The summed E-state index contributed by atoms with van der Waals surface area (Å²) in [4.78, 5) is 20.8. The number of sulfone groups is 1. The van der Waals surface area contributed by atoms with Crippen LogP contribution in [0.4, 0.5) is 18.9 Å². The summed E-state index contributed by atoms with van der Waals surface area (Å²) >= 11 is 0. The number of piperidine rings is 1. The zero-order chi connectivity index (χ0) is 34.5. The molecule has 2 saturated heterocycles. The maximum Gasteiger partial charge on any atom is 0.406 e. The van der Waals surface area contributed by atoms with Crippen LogP contribution in [-0.4, -0.2) is 96.7 Å². The number of nitrogens with zero attached hydrogens (tertiary/aromatic N) is 5. The third-order valence-electron chi connectivity index (χ3n) is 8.82. The lowest BCUT2D eigenvalue weighted by molar-refractivity contribution is -0.140. The minimum Gasteiger partial charge on any atom is -0.373 e. The first-order valence-electron chi connectivity index (χ1n) is 15.9. The van der Waals surface area contributed by atoms with E-state index in [0.717, 1.165) is 18.4 Å². The molecule has 0 unspecified atom stereocenters. The molecule has 1 aromatic carbocycles. The quantitative estimate of drug-likeness (QED) is 0.328. The van der Waals surface area contributed by atoms with E-state index in [1.165, 1.54) is 4.57 Å². The van der Waals surface area contributed by atoms with Gasteiger partial charge in [0.1, 0.15) is 6.54 Å². The Bertz CT molecular complexity index is 1820. The van der Waals surface area contributed by atoms with Gasteiger partial charge >= 0.3 is 6.18 Å². The van der Waals surface area contributed by atoms with Crippen molar-refractivity contribution in [2.75, 3.05) is 56.1 Å². The highest BCUT2D eigenvalue weighted by Crippen LogP contribution is 2.27. The summed E-state index contributed by atoms with van der Waals surface area (Å²) in [5.41, 5.74) is 2.25. The fourth-order valence-electron chi connectivity index (χ4n) is 5.88. The minimum absolute atomic E-state index is 0.0167. The van der Waals surface area contributed by atoms with E-state index in [0.29, 0.717) is 55.0 Å². The number of rotatable bonds is 9. The van der Waals surface area contributed by atoms with Crippen LogP contribution in [0.2, 0.25) is 0 Å². The fraction of sp³-hybridized carbons (Fsp3) is 0.500. The van der Waals surface area contributed by atoms with E-state index in [1.807, 2.05) is 21.9 Å². The summed E-state index contributed by atoms with van der Waals surface area (Å²) in [5.74, 6) is 6.02. The van der Waals surface area contributed by atoms with Crippen molar-refractivity contribution in [1.29, 1.82) is 5.26 Å². The molecule has 0 atom stereocenters. The molecule has 10 nitrogen and oxygen atoms in total. The lowest BCUT2D eigenvalue weighted by atomic mass is 9.91. The Morgan fingerprint density at radius 3 is 2.44 bits per heavy atom.